The molecule has 0 amide bonds. The molecule has 2 heterocycles. The molecule has 16 rings (SSSR count). The molecule has 13 aromatic carbocycles. The van der Waals surface area contributed by atoms with Crippen molar-refractivity contribution in [1.29, 1.82) is 0 Å². The summed E-state index contributed by atoms with van der Waals surface area (Å²) in [6, 6.07) is 110. The Morgan fingerprint density at radius 3 is 1.47 bits per heavy atom. The predicted molar refractivity (Wildman–Crippen MR) is 327 cm³/mol. The minimum Gasteiger partial charge on any atom is -0.310 e. The van der Waals surface area contributed by atoms with Gasteiger partial charge in [0.15, 0.2) is 0 Å². The molecule has 0 bridgehead atoms. The summed E-state index contributed by atoms with van der Waals surface area (Å²) in [4.78, 5) is 4.78. The van der Waals surface area contributed by atoms with Crippen LogP contribution >= 0.6 is 0 Å². The number of aromatic nitrogens is 1. The van der Waals surface area contributed by atoms with E-state index in [1.807, 2.05) is 0 Å². The van der Waals surface area contributed by atoms with Crippen molar-refractivity contribution < 1.29 is 0 Å². The molecule has 1 atom stereocenters. The first kappa shape index (κ1) is 44.1. The van der Waals surface area contributed by atoms with Crippen LogP contribution in [0.4, 0.5) is 34.1 Å². The lowest BCUT2D eigenvalue weighted by atomic mass is 9.65. The van der Waals surface area contributed by atoms with Crippen molar-refractivity contribution in [2.24, 2.45) is 0 Å². The van der Waals surface area contributed by atoms with Crippen LogP contribution in [0.25, 0.3) is 82.4 Å². The molecule has 0 saturated carbocycles. The van der Waals surface area contributed by atoms with Gasteiger partial charge in [-0.1, -0.05) is 206 Å². The van der Waals surface area contributed by atoms with E-state index in [2.05, 4.69) is 312 Å². The van der Waals surface area contributed by atoms with Crippen molar-refractivity contribution in [1.82, 2.24) is 4.57 Å². The smallest absolute Gasteiger partial charge is 0.0754 e. The lowest BCUT2D eigenvalue weighted by molar-refractivity contribution is 0.749. The minimum atomic E-state index is -0.658. The molecule has 0 fully saturated rings. The Morgan fingerprint density at radius 1 is 0.269 bits per heavy atom. The minimum absolute atomic E-state index is 0.658. The highest BCUT2D eigenvalue weighted by atomic mass is 15.1. The number of anilines is 6. The number of para-hydroxylation sites is 5. The van der Waals surface area contributed by atoms with Gasteiger partial charge in [-0.25, -0.2) is 0 Å². The lowest BCUT2D eigenvalue weighted by Gasteiger charge is -2.39. The van der Waals surface area contributed by atoms with E-state index >= 15 is 0 Å². The molecule has 2 aliphatic rings. The van der Waals surface area contributed by atoms with E-state index in [4.69, 9.17) is 0 Å². The Kier molecular flexibility index (Phi) is 9.85. The largest absolute Gasteiger partial charge is 0.310 e. The van der Waals surface area contributed by atoms with Gasteiger partial charge in [0, 0.05) is 44.9 Å². The second-order valence-corrected chi connectivity index (χ2v) is 20.8. The molecule has 3 heteroatoms. The first-order chi connectivity index (χ1) is 38.7. The van der Waals surface area contributed by atoms with Crippen molar-refractivity contribution in [2.45, 2.75) is 5.41 Å². The van der Waals surface area contributed by atoms with Gasteiger partial charge in [-0.3, -0.25) is 0 Å². The number of hydrogen-bond acceptors (Lipinski definition) is 2. The molecule has 1 aromatic heterocycles. The van der Waals surface area contributed by atoms with Crippen LogP contribution in [0.1, 0.15) is 22.3 Å². The summed E-state index contributed by atoms with van der Waals surface area (Å²) in [5.74, 6) is 0. The maximum absolute atomic E-state index is 2.54. The average Bonchev–Trinajstić information content (AvgIpc) is 3.04. The summed E-state index contributed by atoms with van der Waals surface area (Å²) in [6.45, 7) is 0. The normalized spacial score (nSPS) is 13.9. The third-order valence-corrected chi connectivity index (χ3v) is 16.7. The number of fused-ring (bicyclic) bond motifs is 14. The fourth-order valence-electron chi connectivity index (χ4n) is 13.4. The summed E-state index contributed by atoms with van der Waals surface area (Å²) in [5.41, 5.74) is 22.0. The van der Waals surface area contributed by atoms with Crippen LogP contribution in [0.5, 0.6) is 0 Å². The van der Waals surface area contributed by atoms with Gasteiger partial charge in [-0.15, -0.1) is 0 Å². The number of hydrogen-bond donors (Lipinski definition) is 0. The zero-order valence-corrected chi connectivity index (χ0v) is 42.6. The van der Waals surface area contributed by atoms with Gasteiger partial charge in [-0.2, -0.15) is 0 Å². The van der Waals surface area contributed by atoms with Gasteiger partial charge in [-0.05, 0) is 168 Å². The van der Waals surface area contributed by atoms with Crippen LogP contribution in [-0.2, 0) is 5.41 Å². The first-order valence-corrected chi connectivity index (χ1v) is 27.0. The van der Waals surface area contributed by atoms with E-state index in [1.54, 1.807) is 0 Å². The maximum Gasteiger partial charge on any atom is 0.0754 e. The van der Waals surface area contributed by atoms with E-state index in [-0.39, 0.29) is 0 Å². The van der Waals surface area contributed by atoms with Crippen molar-refractivity contribution in [3.8, 4) is 39.1 Å². The maximum atomic E-state index is 2.54. The third-order valence-electron chi connectivity index (χ3n) is 16.7. The molecule has 1 aliphatic heterocycles. The Morgan fingerprint density at radius 2 is 0.769 bits per heavy atom. The quantitative estimate of drug-likeness (QED) is 0.150. The Hall–Kier alpha value is -10.2. The predicted octanol–water partition coefficient (Wildman–Crippen LogP) is 20.0. The summed E-state index contributed by atoms with van der Waals surface area (Å²) in [7, 11) is 0. The van der Waals surface area contributed by atoms with E-state index < -0.39 is 5.41 Å². The molecule has 364 valence electrons. The van der Waals surface area contributed by atoms with Gasteiger partial charge in [0.2, 0.25) is 0 Å². The van der Waals surface area contributed by atoms with Gasteiger partial charge in [0.1, 0.15) is 0 Å². The Balaban J connectivity index is 0.930. The van der Waals surface area contributed by atoms with Gasteiger partial charge in [0.05, 0.1) is 22.1 Å². The highest BCUT2D eigenvalue weighted by Gasteiger charge is 2.51. The number of nitrogens with zero attached hydrogens (tertiary/aromatic N) is 3. The fraction of sp³-hybridized carbons (Fsp3) is 0.0133. The van der Waals surface area contributed by atoms with Gasteiger partial charge in [0.25, 0.3) is 0 Å². The summed E-state index contributed by atoms with van der Waals surface area (Å²) < 4.78 is 2.54. The zero-order valence-electron chi connectivity index (χ0n) is 42.6. The number of benzene rings is 13. The highest BCUT2D eigenvalue weighted by Crippen LogP contribution is 2.63. The van der Waals surface area contributed by atoms with Crippen molar-refractivity contribution >= 4 is 77.5 Å². The van der Waals surface area contributed by atoms with E-state index in [9.17, 15) is 0 Å². The van der Waals surface area contributed by atoms with Crippen LogP contribution in [0, 0.1) is 0 Å². The third kappa shape index (κ3) is 6.58. The molecule has 0 saturated heterocycles. The Bertz CT molecular complexity index is 4710. The van der Waals surface area contributed by atoms with Gasteiger partial charge >= 0.3 is 0 Å². The highest BCUT2D eigenvalue weighted by molar-refractivity contribution is 6.13. The second kappa shape index (κ2) is 17.4. The van der Waals surface area contributed by atoms with E-state index in [1.165, 1.54) is 93.5 Å². The molecule has 0 radical (unpaired) electrons. The SMILES string of the molecule is c1ccc(N(c2cccc(-c3ccc4c(c3)C3(c5ccccc5-n5c6ccccc6c6cccc3c65)c3cccc(-c5cccc(N(c6ccccc6)c6ccc7ccccc7c6)c5)c3-4)c2)c2ccc3ccccc3c2)cc1. The van der Waals surface area contributed by atoms with Crippen LogP contribution in [0.2, 0.25) is 0 Å². The van der Waals surface area contributed by atoms with Crippen LogP contribution < -0.4 is 9.80 Å². The summed E-state index contributed by atoms with van der Waals surface area (Å²) in [5, 5.41) is 7.40. The molecule has 1 spiro atoms. The Labute approximate surface area is 453 Å². The lowest BCUT2D eigenvalue weighted by Crippen LogP contribution is -2.33. The van der Waals surface area contributed by atoms with Crippen LogP contribution in [-0.4, -0.2) is 4.57 Å². The molecular formula is C75H49N3. The molecule has 1 unspecified atom stereocenters. The fourth-order valence-corrected chi connectivity index (χ4v) is 13.4. The summed E-state index contributed by atoms with van der Waals surface area (Å²) in [6.07, 6.45) is 0. The monoisotopic (exact) mass is 991 g/mol. The molecule has 78 heavy (non-hydrogen) atoms. The van der Waals surface area contributed by atoms with Crippen molar-refractivity contribution in [3.63, 3.8) is 0 Å². The standard InChI is InChI=1S/C75H49N3/c1-3-25-57(26-4-1)76(61-42-39-50-19-7-9-21-52(50)45-61)59-29-15-23-54(47-59)55-41-44-66-70(49-55)75(67-34-12-14-38-72(67)78-71-37-13-11-31-64(71)65-33-18-36-69(75)74(65)78)68-35-17-32-63(73(66)68)56-24-16-30-60(48-56)77(58-27-5-2-6-28-58)62-43-40-51-20-8-10-22-53(51)46-62/h1-49H. The zero-order chi connectivity index (χ0) is 51.3. The van der Waals surface area contributed by atoms with E-state index in [0.29, 0.717) is 0 Å². The van der Waals surface area contributed by atoms with Crippen molar-refractivity contribution in [3.05, 3.63) is 320 Å². The average molecular weight is 992 g/mol. The van der Waals surface area contributed by atoms with Crippen LogP contribution in [0.15, 0.2) is 297 Å². The molecular weight excluding hydrogens is 943 g/mol. The van der Waals surface area contributed by atoms with Crippen molar-refractivity contribution in [2.75, 3.05) is 9.80 Å². The molecule has 14 aromatic rings. The van der Waals surface area contributed by atoms with Crippen LogP contribution in [0.3, 0.4) is 0 Å². The summed E-state index contributed by atoms with van der Waals surface area (Å²) >= 11 is 0. The molecule has 0 N–H and O–H groups in total. The molecule has 3 nitrogen and oxygen atoms in total. The number of rotatable bonds is 8. The second-order valence-electron chi connectivity index (χ2n) is 20.8. The topological polar surface area (TPSA) is 11.4 Å². The van der Waals surface area contributed by atoms with E-state index in [0.717, 1.165) is 45.3 Å². The van der Waals surface area contributed by atoms with Gasteiger partial charge < -0.3 is 14.4 Å². The molecule has 1 aliphatic carbocycles. The first-order valence-electron chi connectivity index (χ1n) is 27.0.